The van der Waals surface area contributed by atoms with E-state index in [1.54, 1.807) is 0 Å². The summed E-state index contributed by atoms with van der Waals surface area (Å²) in [5.41, 5.74) is 7.67. The van der Waals surface area contributed by atoms with Crippen molar-refractivity contribution < 1.29 is 0 Å². The molecule has 0 aliphatic rings. The molecule has 1 unspecified atom stereocenters. The molecule has 2 aromatic carbocycles. The summed E-state index contributed by atoms with van der Waals surface area (Å²) in [6, 6.07) is 19.6. The maximum absolute atomic E-state index is 2.39. The van der Waals surface area contributed by atoms with Gasteiger partial charge in [0, 0.05) is 19.8 Å². The quantitative estimate of drug-likeness (QED) is 0.384. The SMILES string of the molecule is CC\C=C/C(=C\CC)C(/C)=C/C(=C\C(C)c1ccccc1)c1ccc(N(C)C)cc1. The Morgan fingerprint density at radius 1 is 0.933 bits per heavy atom. The Morgan fingerprint density at radius 2 is 1.60 bits per heavy atom. The van der Waals surface area contributed by atoms with E-state index >= 15 is 0 Å². The van der Waals surface area contributed by atoms with E-state index in [0.717, 1.165) is 12.8 Å². The maximum Gasteiger partial charge on any atom is 0.0361 e. The second kappa shape index (κ2) is 12.0. The molecule has 2 rings (SSSR count). The van der Waals surface area contributed by atoms with E-state index in [2.05, 4.69) is 132 Å². The molecule has 0 saturated carbocycles. The van der Waals surface area contributed by atoms with Gasteiger partial charge in [0.15, 0.2) is 0 Å². The van der Waals surface area contributed by atoms with Crippen LogP contribution in [0.15, 0.2) is 96.1 Å². The van der Waals surface area contributed by atoms with Gasteiger partial charge in [-0.2, -0.15) is 0 Å². The lowest BCUT2D eigenvalue weighted by molar-refractivity contribution is 0.970. The van der Waals surface area contributed by atoms with Crippen LogP contribution in [0.5, 0.6) is 0 Å². The maximum atomic E-state index is 2.39. The number of anilines is 1. The zero-order chi connectivity index (χ0) is 21.9. The summed E-state index contributed by atoms with van der Waals surface area (Å²) in [5.74, 6) is 0.337. The lowest BCUT2D eigenvalue weighted by atomic mass is 9.93. The number of hydrogen-bond donors (Lipinski definition) is 0. The fraction of sp³-hybridized carbons (Fsp3) is 0.310. The average molecular weight is 400 g/mol. The number of benzene rings is 2. The van der Waals surface area contributed by atoms with Crippen molar-refractivity contribution in [1.29, 1.82) is 0 Å². The molecule has 30 heavy (non-hydrogen) atoms. The minimum absolute atomic E-state index is 0.337. The minimum atomic E-state index is 0.337. The van der Waals surface area contributed by atoms with Crippen LogP contribution in [-0.2, 0) is 0 Å². The molecule has 1 atom stereocenters. The monoisotopic (exact) mass is 399 g/mol. The molecule has 1 nitrogen and oxygen atoms in total. The third-order valence-corrected chi connectivity index (χ3v) is 5.26. The van der Waals surface area contributed by atoms with Crippen molar-refractivity contribution in [3.8, 4) is 0 Å². The van der Waals surface area contributed by atoms with Crippen LogP contribution in [0.1, 0.15) is 57.6 Å². The molecule has 0 aliphatic heterocycles. The Kier molecular flexibility index (Phi) is 9.41. The number of nitrogens with zero attached hydrogens (tertiary/aromatic N) is 1. The van der Waals surface area contributed by atoms with Crippen LogP contribution in [0.3, 0.4) is 0 Å². The highest BCUT2D eigenvalue weighted by Gasteiger charge is 2.07. The van der Waals surface area contributed by atoms with Gasteiger partial charge in [-0.15, -0.1) is 0 Å². The number of allylic oxidation sites excluding steroid dienone is 8. The summed E-state index contributed by atoms with van der Waals surface area (Å²) in [5, 5.41) is 0. The van der Waals surface area contributed by atoms with E-state index in [9.17, 15) is 0 Å². The Labute approximate surface area is 184 Å². The fourth-order valence-electron chi connectivity index (χ4n) is 3.44. The molecule has 0 bridgehead atoms. The summed E-state index contributed by atoms with van der Waals surface area (Å²) >= 11 is 0. The van der Waals surface area contributed by atoms with Crippen LogP contribution in [-0.4, -0.2) is 14.1 Å². The zero-order valence-electron chi connectivity index (χ0n) is 19.5. The first-order chi connectivity index (χ1) is 14.5. The van der Waals surface area contributed by atoms with Gasteiger partial charge < -0.3 is 4.90 Å². The lowest BCUT2D eigenvalue weighted by Gasteiger charge is -2.15. The molecular weight excluding hydrogens is 362 g/mol. The Balaban J connectivity index is 2.50. The van der Waals surface area contributed by atoms with Gasteiger partial charge in [0.25, 0.3) is 0 Å². The second-order valence-corrected chi connectivity index (χ2v) is 7.97. The van der Waals surface area contributed by atoms with E-state index in [1.165, 1.54) is 33.5 Å². The van der Waals surface area contributed by atoms with Crippen molar-refractivity contribution in [2.24, 2.45) is 0 Å². The molecule has 0 aromatic heterocycles. The van der Waals surface area contributed by atoms with E-state index in [4.69, 9.17) is 0 Å². The predicted octanol–water partition coefficient (Wildman–Crippen LogP) is 8.19. The first-order valence-electron chi connectivity index (χ1n) is 11.1. The van der Waals surface area contributed by atoms with Gasteiger partial charge in [0.1, 0.15) is 0 Å². The van der Waals surface area contributed by atoms with E-state index < -0.39 is 0 Å². The molecule has 0 aliphatic carbocycles. The van der Waals surface area contributed by atoms with Crippen LogP contribution in [0.25, 0.3) is 5.57 Å². The molecule has 0 heterocycles. The van der Waals surface area contributed by atoms with Gasteiger partial charge in [0.2, 0.25) is 0 Å². The molecule has 0 saturated heterocycles. The Bertz CT molecular complexity index is 893. The summed E-state index contributed by atoms with van der Waals surface area (Å²) in [4.78, 5) is 2.14. The topological polar surface area (TPSA) is 3.24 Å². The molecule has 0 radical (unpaired) electrons. The molecule has 158 valence electrons. The Hall–Kier alpha value is -2.80. The van der Waals surface area contributed by atoms with Gasteiger partial charge in [-0.05, 0) is 65.7 Å². The molecule has 1 heteroatoms. The third-order valence-electron chi connectivity index (χ3n) is 5.26. The van der Waals surface area contributed by atoms with Crippen LogP contribution in [0.4, 0.5) is 5.69 Å². The fourth-order valence-corrected chi connectivity index (χ4v) is 3.44. The molecule has 0 N–H and O–H groups in total. The van der Waals surface area contributed by atoms with E-state index in [-0.39, 0.29) is 0 Å². The van der Waals surface area contributed by atoms with Gasteiger partial charge in [-0.1, -0.05) is 93.6 Å². The van der Waals surface area contributed by atoms with Crippen molar-refractivity contribution in [2.45, 2.75) is 46.5 Å². The third kappa shape index (κ3) is 6.91. The highest BCUT2D eigenvalue weighted by atomic mass is 15.1. The number of rotatable bonds is 9. The summed E-state index contributed by atoms with van der Waals surface area (Å²) < 4.78 is 0. The predicted molar refractivity (Wildman–Crippen MR) is 135 cm³/mol. The van der Waals surface area contributed by atoms with Crippen LogP contribution in [0.2, 0.25) is 0 Å². The van der Waals surface area contributed by atoms with E-state index in [1.807, 2.05) is 0 Å². The van der Waals surface area contributed by atoms with Crippen molar-refractivity contribution in [3.05, 3.63) is 107 Å². The minimum Gasteiger partial charge on any atom is -0.378 e. The molecular formula is C29H37N. The number of hydrogen-bond acceptors (Lipinski definition) is 1. The largest absolute Gasteiger partial charge is 0.378 e. The van der Waals surface area contributed by atoms with Crippen molar-refractivity contribution in [3.63, 3.8) is 0 Å². The van der Waals surface area contributed by atoms with Crippen molar-refractivity contribution >= 4 is 11.3 Å². The smallest absolute Gasteiger partial charge is 0.0361 e. The molecule has 2 aromatic rings. The molecule has 0 fully saturated rings. The van der Waals surface area contributed by atoms with Crippen LogP contribution >= 0.6 is 0 Å². The van der Waals surface area contributed by atoms with Crippen molar-refractivity contribution in [1.82, 2.24) is 0 Å². The van der Waals surface area contributed by atoms with Crippen molar-refractivity contribution in [2.75, 3.05) is 19.0 Å². The Morgan fingerprint density at radius 3 is 2.17 bits per heavy atom. The zero-order valence-corrected chi connectivity index (χ0v) is 19.5. The summed E-state index contributed by atoms with van der Waals surface area (Å²) in [6.45, 7) is 8.86. The van der Waals surface area contributed by atoms with E-state index in [0.29, 0.717) is 5.92 Å². The lowest BCUT2D eigenvalue weighted by Crippen LogP contribution is -2.08. The van der Waals surface area contributed by atoms with Crippen LogP contribution in [0, 0.1) is 0 Å². The highest BCUT2D eigenvalue weighted by molar-refractivity contribution is 5.77. The second-order valence-electron chi connectivity index (χ2n) is 7.97. The standard InChI is InChI=1S/C29H37N/c1-7-9-14-25(13-8-2)23(3)21-28(22-24(4)26-15-11-10-12-16-26)27-17-19-29(20-18-27)30(5)6/h9-22,24H,7-8H2,1-6H3/b14-9-,23-21+,25-13+,28-22+. The molecule has 0 amide bonds. The first-order valence-corrected chi connectivity index (χ1v) is 11.1. The normalized spacial score (nSPS) is 14.3. The van der Waals surface area contributed by atoms with Gasteiger partial charge >= 0.3 is 0 Å². The van der Waals surface area contributed by atoms with Gasteiger partial charge in [-0.25, -0.2) is 0 Å². The highest BCUT2D eigenvalue weighted by Crippen LogP contribution is 2.28. The summed E-state index contributed by atoms with van der Waals surface area (Å²) in [6.07, 6.45) is 13.6. The average Bonchev–Trinajstić information content (AvgIpc) is 2.76. The van der Waals surface area contributed by atoms with Crippen LogP contribution < -0.4 is 4.90 Å². The first kappa shape index (κ1) is 23.5. The van der Waals surface area contributed by atoms with Gasteiger partial charge in [-0.3, -0.25) is 0 Å². The van der Waals surface area contributed by atoms with Gasteiger partial charge in [0.05, 0.1) is 0 Å². The molecule has 0 spiro atoms. The summed E-state index contributed by atoms with van der Waals surface area (Å²) in [7, 11) is 4.16.